The van der Waals surface area contributed by atoms with Crippen LogP contribution in [0.2, 0.25) is 5.02 Å². The van der Waals surface area contributed by atoms with Crippen molar-refractivity contribution >= 4 is 29.3 Å². The molecule has 0 atom stereocenters. The van der Waals surface area contributed by atoms with E-state index in [1.807, 2.05) is 66.1 Å². The molecule has 3 aromatic rings. The van der Waals surface area contributed by atoms with Crippen LogP contribution in [0.15, 0.2) is 59.8 Å². The van der Waals surface area contributed by atoms with Crippen LogP contribution in [0.5, 0.6) is 0 Å². The van der Waals surface area contributed by atoms with Gasteiger partial charge in [-0.15, -0.1) is 10.2 Å². The van der Waals surface area contributed by atoms with E-state index in [4.69, 9.17) is 16.9 Å². The van der Waals surface area contributed by atoms with E-state index < -0.39 is 0 Å². The average molecular weight is 426 g/mol. The van der Waals surface area contributed by atoms with Gasteiger partial charge in [-0.2, -0.15) is 5.26 Å². The normalized spacial score (nSPS) is 10.5. The summed E-state index contributed by atoms with van der Waals surface area (Å²) in [7, 11) is 0. The molecule has 0 spiro atoms. The Hall–Kier alpha value is -2.82. The smallest absolute Gasteiger partial charge is 0.233 e. The molecule has 1 amide bonds. The molecular formula is C21H20ClN5OS. The number of halogens is 1. The fourth-order valence-electron chi connectivity index (χ4n) is 2.82. The lowest BCUT2D eigenvalue weighted by atomic mass is 10.2. The highest BCUT2D eigenvalue weighted by Crippen LogP contribution is 2.28. The first-order valence-electron chi connectivity index (χ1n) is 9.18. The number of thioether (sulfide) groups is 1. The molecule has 0 bridgehead atoms. The van der Waals surface area contributed by atoms with Crippen LogP contribution in [0.25, 0.3) is 17.1 Å². The zero-order valence-electron chi connectivity index (χ0n) is 16.0. The van der Waals surface area contributed by atoms with E-state index in [-0.39, 0.29) is 11.7 Å². The van der Waals surface area contributed by atoms with Crippen LogP contribution >= 0.6 is 23.4 Å². The van der Waals surface area contributed by atoms with Crippen molar-refractivity contribution in [2.75, 3.05) is 18.8 Å². The van der Waals surface area contributed by atoms with Crippen molar-refractivity contribution in [3.8, 4) is 23.1 Å². The summed E-state index contributed by atoms with van der Waals surface area (Å²) in [6, 6.07) is 19.3. The van der Waals surface area contributed by atoms with E-state index in [1.54, 1.807) is 4.90 Å². The lowest BCUT2D eigenvalue weighted by Crippen LogP contribution is -2.33. The Morgan fingerprint density at radius 2 is 1.90 bits per heavy atom. The molecule has 0 saturated carbocycles. The van der Waals surface area contributed by atoms with Crippen molar-refractivity contribution in [1.82, 2.24) is 19.7 Å². The Kier molecular flexibility index (Phi) is 7.28. The summed E-state index contributed by atoms with van der Waals surface area (Å²) in [5.41, 5.74) is 1.79. The van der Waals surface area contributed by atoms with Gasteiger partial charge in [-0.3, -0.25) is 9.36 Å². The fraction of sp³-hybridized carbons (Fsp3) is 0.238. The van der Waals surface area contributed by atoms with Gasteiger partial charge in [0.1, 0.15) is 0 Å². The molecule has 0 aliphatic heterocycles. The Balaban J connectivity index is 1.89. The van der Waals surface area contributed by atoms with Crippen molar-refractivity contribution in [2.24, 2.45) is 0 Å². The third kappa shape index (κ3) is 5.17. The van der Waals surface area contributed by atoms with Gasteiger partial charge in [-0.25, -0.2) is 0 Å². The number of carbonyl (C=O) groups is 1. The molecule has 2 aromatic carbocycles. The number of carbonyl (C=O) groups excluding carboxylic acids is 1. The third-order valence-corrected chi connectivity index (χ3v) is 5.47. The second-order valence-corrected chi connectivity index (χ2v) is 7.53. The third-order valence-electron chi connectivity index (χ3n) is 4.30. The van der Waals surface area contributed by atoms with Crippen molar-refractivity contribution < 1.29 is 4.79 Å². The van der Waals surface area contributed by atoms with Gasteiger partial charge in [-0.1, -0.05) is 53.7 Å². The number of amides is 1. The topological polar surface area (TPSA) is 74.8 Å². The van der Waals surface area contributed by atoms with Crippen LogP contribution in [-0.2, 0) is 4.79 Å². The van der Waals surface area contributed by atoms with Crippen LogP contribution in [-0.4, -0.2) is 44.4 Å². The van der Waals surface area contributed by atoms with Gasteiger partial charge in [-0.05, 0) is 31.2 Å². The monoisotopic (exact) mass is 425 g/mol. The van der Waals surface area contributed by atoms with E-state index in [0.717, 1.165) is 11.3 Å². The van der Waals surface area contributed by atoms with Crippen LogP contribution in [0.1, 0.15) is 13.3 Å². The minimum Gasteiger partial charge on any atom is -0.341 e. The standard InChI is InChI=1S/C21H20ClN5OS/c1-2-26(14-6-13-23)19(28)15-29-21-25-24-20(16-7-4-3-5-8-16)27(21)18-11-9-17(22)10-12-18/h3-5,7-12H,2,6,14-15H2,1H3. The summed E-state index contributed by atoms with van der Waals surface area (Å²) in [5.74, 6) is 0.888. The molecule has 29 heavy (non-hydrogen) atoms. The molecule has 0 fully saturated rings. The molecule has 1 aromatic heterocycles. The number of nitrogens with zero attached hydrogens (tertiary/aromatic N) is 5. The zero-order valence-corrected chi connectivity index (χ0v) is 17.5. The molecule has 0 saturated heterocycles. The van der Waals surface area contributed by atoms with Gasteiger partial charge in [0.25, 0.3) is 0 Å². The van der Waals surface area contributed by atoms with Crippen molar-refractivity contribution in [1.29, 1.82) is 5.26 Å². The summed E-state index contributed by atoms with van der Waals surface area (Å²) in [5, 5.41) is 18.7. The van der Waals surface area contributed by atoms with Crippen LogP contribution in [0.4, 0.5) is 0 Å². The molecule has 0 aliphatic carbocycles. The van der Waals surface area contributed by atoms with E-state index in [0.29, 0.717) is 35.5 Å². The average Bonchev–Trinajstić information content (AvgIpc) is 3.18. The molecule has 1 heterocycles. The predicted octanol–water partition coefficient (Wildman–Crippen LogP) is 4.44. The molecule has 0 unspecified atom stereocenters. The van der Waals surface area contributed by atoms with Gasteiger partial charge >= 0.3 is 0 Å². The minimum absolute atomic E-state index is 0.0281. The second kappa shape index (κ2) is 10.1. The molecule has 0 radical (unpaired) electrons. The highest BCUT2D eigenvalue weighted by atomic mass is 35.5. The Bertz CT molecular complexity index is 998. The molecule has 0 aliphatic rings. The first-order chi connectivity index (χ1) is 14.1. The molecular weight excluding hydrogens is 406 g/mol. The van der Waals surface area contributed by atoms with Gasteiger partial charge in [0.15, 0.2) is 11.0 Å². The summed E-state index contributed by atoms with van der Waals surface area (Å²) in [4.78, 5) is 14.2. The second-order valence-electron chi connectivity index (χ2n) is 6.15. The van der Waals surface area contributed by atoms with Crippen molar-refractivity contribution in [3.63, 3.8) is 0 Å². The zero-order chi connectivity index (χ0) is 20.6. The van der Waals surface area contributed by atoms with Gasteiger partial charge in [0.2, 0.25) is 5.91 Å². The molecule has 3 rings (SSSR count). The Morgan fingerprint density at radius 1 is 1.17 bits per heavy atom. The lowest BCUT2D eigenvalue weighted by Gasteiger charge is -2.19. The van der Waals surface area contributed by atoms with E-state index >= 15 is 0 Å². The van der Waals surface area contributed by atoms with Gasteiger partial charge in [0.05, 0.1) is 18.2 Å². The SMILES string of the molecule is CCN(CCC#N)C(=O)CSc1nnc(-c2ccccc2)n1-c1ccc(Cl)cc1. The maximum Gasteiger partial charge on any atom is 0.233 e. The van der Waals surface area contributed by atoms with Crippen molar-refractivity contribution in [3.05, 3.63) is 59.6 Å². The first kappa shape index (κ1) is 20.9. The van der Waals surface area contributed by atoms with Crippen LogP contribution in [0.3, 0.4) is 0 Å². The maximum absolute atomic E-state index is 12.5. The number of nitriles is 1. The first-order valence-corrected chi connectivity index (χ1v) is 10.5. The fourth-order valence-corrected chi connectivity index (χ4v) is 3.80. The quantitative estimate of drug-likeness (QED) is 0.498. The molecule has 8 heteroatoms. The Labute approximate surface area is 179 Å². The highest BCUT2D eigenvalue weighted by molar-refractivity contribution is 7.99. The summed E-state index contributed by atoms with van der Waals surface area (Å²) >= 11 is 7.38. The largest absolute Gasteiger partial charge is 0.341 e. The lowest BCUT2D eigenvalue weighted by molar-refractivity contribution is -0.128. The van der Waals surface area contributed by atoms with E-state index in [9.17, 15) is 4.79 Å². The van der Waals surface area contributed by atoms with Gasteiger partial charge < -0.3 is 4.90 Å². The predicted molar refractivity (Wildman–Crippen MR) is 115 cm³/mol. The van der Waals surface area contributed by atoms with Crippen molar-refractivity contribution in [2.45, 2.75) is 18.5 Å². The molecule has 148 valence electrons. The molecule has 6 nitrogen and oxygen atoms in total. The summed E-state index contributed by atoms with van der Waals surface area (Å²) < 4.78 is 1.93. The number of benzene rings is 2. The van der Waals surface area contributed by atoms with Crippen LogP contribution < -0.4 is 0 Å². The maximum atomic E-state index is 12.5. The van der Waals surface area contributed by atoms with Crippen LogP contribution in [0, 0.1) is 11.3 Å². The highest BCUT2D eigenvalue weighted by Gasteiger charge is 2.19. The summed E-state index contributed by atoms with van der Waals surface area (Å²) in [6.45, 7) is 2.91. The summed E-state index contributed by atoms with van der Waals surface area (Å²) in [6.07, 6.45) is 0.323. The minimum atomic E-state index is -0.0281. The van der Waals surface area contributed by atoms with Gasteiger partial charge in [0, 0.05) is 29.4 Å². The van der Waals surface area contributed by atoms with E-state index in [2.05, 4.69) is 16.3 Å². The van der Waals surface area contributed by atoms with E-state index in [1.165, 1.54) is 11.8 Å². The number of hydrogen-bond donors (Lipinski definition) is 0. The number of hydrogen-bond acceptors (Lipinski definition) is 5. The molecule has 0 N–H and O–H groups in total. The Morgan fingerprint density at radius 3 is 2.55 bits per heavy atom. The number of rotatable bonds is 8. The number of aromatic nitrogens is 3.